The van der Waals surface area contributed by atoms with E-state index in [0.29, 0.717) is 27.2 Å². The Kier molecular flexibility index (Phi) is 4.02. The molecule has 4 aromatic rings. The Morgan fingerprint density at radius 1 is 1.12 bits per heavy atom. The van der Waals surface area contributed by atoms with E-state index in [1.807, 2.05) is 12.3 Å². The van der Waals surface area contributed by atoms with Crippen molar-refractivity contribution in [3.63, 3.8) is 0 Å². The number of carbonyl (C=O) groups is 2. The quantitative estimate of drug-likeness (QED) is 0.426. The molecular formula is C19H13ClN4O2. The fourth-order valence-electron chi connectivity index (χ4n) is 2.72. The maximum Gasteiger partial charge on any atom is 0.296 e. The molecule has 2 heterocycles. The summed E-state index contributed by atoms with van der Waals surface area (Å²) in [6.07, 6.45) is 5.02. The van der Waals surface area contributed by atoms with Crippen molar-refractivity contribution in [2.75, 3.05) is 5.32 Å². The number of aromatic amines is 1. The highest BCUT2D eigenvalue weighted by Gasteiger charge is 2.20. The number of hydrogen-bond acceptors (Lipinski definition) is 3. The van der Waals surface area contributed by atoms with E-state index in [4.69, 9.17) is 11.6 Å². The first-order valence-electron chi connectivity index (χ1n) is 7.84. The smallest absolute Gasteiger partial charge is 0.296 e. The monoisotopic (exact) mass is 364 g/mol. The molecule has 2 N–H and O–H groups in total. The number of carbonyl (C=O) groups excluding carboxylic acids is 2. The van der Waals surface area contributed by atoms with Gasteiger partial charge in [-0.2, -0.15) is 5.10 Å². The molecule has 0 fully saturated rings. The third-order valence-corrected chi connectivity index (χ3v) is 4.22. The minimum atomic E-state index is -0.701. The van der Waals surface area contributed by atoms with Crippen LogP contribution in [0.1, 0.15) is 10.4 Å². The summed E-state index contributed by atoms with van der Waals surface area (Å²) in [6, 6.07) is 14.0. The van der Waals surface area contributed by atoms with Crippen LogP contribution < -0.4 is 5.32 Å². The molecule has 0 radical (unpaired) electrons. The number of H-pyrrole nitrogens is 1. The minimum absolute atomic E-state index is 0.308. The molecule has 128 valence electrons. The molecule has 4 rings (SSSR count). The summed E-state index contributed by atoms with van der Waals surface area (Å²) in [5, 5.41) is 7.97. The number of ketones is 1. The van der Waals surface area contributed by atoms with E-state index in [1.165, 1.54) is 6.20 Å². The van der Waals surface area contributed by atoms with Crippen LogP contribution in [0.25, 0.3) is 16.6 Å². The molecule has 7 heteroatoms. The Morgan fingerprint density at radius 3 is 2.65 bits per heavy atom. The zero-order chi connectivity index (χ0) is 18.1. The standard InChI is InChI=1S/C19H13ClN4O2/c20-12-2-7-15-16(11-21-17(15)10-12)18(25)19(26)23-13-3-5-14(6-4-13)24-9-1-8-22-24/h1-11,21H,(H,23,26). The average molecular weight is 365 g/mol. The first-order chi connectivity index (χ1) is 12.6. The lowest BCUT2D eigenvalue weighted by molar-refractivity contribution is -0.112. The van der Waals surface area contributed by atoms with Gasteiger partial charge in [0.25, 0.3) is 11.7 Å². The van der Waals surface area contributed by atoms with Crippen molar-refractivity contribution in [2.45, 2.75) is 0 Å². The second-order valence-corrected chi connectivity index (χ2v) is 6.11. The fourth-order valence-corrected chi connectivity index (χ4v) is 2.89. The summed E-state index contributed by atoms with van der Waals surface area (Å²) >= 11 is 5.94. The molecule has 0 atom stereocenters. The van der Waals surface area contributed by atoms with Crippen LogP contribution in [-0.2, 0) is 4.79 Å². The lowest BCUT2D eigenvalue weighted by Gasteiger charge is -2.06. The first-order valence-corrected chi connectivity index (χ1v) is 8.22. The number of amides is 1. The maximum absolute atomic E-state index is 12.5. The molecule has 2 aromatic carbocycles. The summed E-state index contributed by atoms with van der Waals surface area (Å²) in [5.74, 6) is -1.32. The summed E-state index contributed by atoms with van der Waals surface area (Å²) in [4.78, 5) is 27.8. The third kappa shape index (κ3) is 2.98. The number of benzene rings is 2. The Morgan fingerprint density at radius 2 is 1.92 bits per heavy atom. The Hall–Kier alpha value is -3.38. The van der Waals surface area contributed by atoms with E-state index in [0.717, 1.165) is 5.69 Å². The van der Waals surface area contributed by atoms with Gasteiger partial charge >= 0.3 is 0 Å². The molecule has 6 nitrogen and oxygen atoms in total. The number of anilines is 1. The SMILES string of the molecule is O=C(Nc1ccc(-n2cccn2)cc1)C(=O)c1c[nH]c2cc(Cl)ccc12. The van der Waals surface area contributed by atoms with E-state index in [9.17, 15) is 9.59 Å². The van der Waals surface area contributed by atoms with Crippen LogP contribution in [-0.4, -0.2) is 26.5 Å². The zero-order valence-electron chi connectivity index (χ0n) is 13.4. The zero-order valence-corrected chi connectivity index (χ0v) is 14.2. The van der Waals surface area contributed by atoms with Crippen molar-refractivity contribution in [3.8, 4) is 5.69 Å². The second kappa shape index (κ2) is 6.50. The third-order valence-electron chi connectivity index (χ3n) is 3.99. The summed E-state index contributed by atoms with van der Waals surface area (Å²) in [5.41, 5.74) is 2.40. The highest BCUT2D eigenvalue weighted by Crippen LogP contribution is 2.23. The summed E-state index contributed by atoms with van der Waals surface area (Å²) < 4.78 is 1.70. The number of nitrogens with one attached hydrogen (secondary N) is 2. The van der Waals surface area contributed by atoms with Crippen LogP contribution in [0.3, 0.4) is 0 Å². The van der Waals surface area contributed by atoms with Crippen molar-refractivity contribution >= 4 is 39.9 Å². The number of Topliss-reactive ketones (excluding diaryl/α,β-unsaturated/α-hetero) is 1. The van der Waals surface area contributed by atoms with E-state index in [-0.39, 0.29) is 0 Å². The average Bonchev–Trinajstić information content (AvgIpc) is 3.31. The lowest BCUT2D eigenvalue weighted by Crippen LogP contribution is -2.22. The van der Waals surface area contributed by atoms with Gasteiger partial charge in [0.15, 0.2) is 0 Å². The van der Waals surface area contributed by atoms with Crippen LogP contribution in [0.15, 0.2) is 67.1 Å². The molecule has 0 bridgehead atoms. The fraction of sp³-hybridized carbons (Fsp3) is 0. The lowest BCUT2D eigenvalue weighted by atomic mass is 10.1. The van der Waals surface area contributed by atoms with Gasteiger partial charge < -0.3 is 10.3 Å². The van der Waals surface area contributed by atoms with Crippen LogP contribution in [0, 0.1) is 0 Å². The Balaban J connectivity index is 1.53. The molecule has 0 spiro atoms. The van der Waals surface area contributed by atoms with Crippen LogP contribution in [0.2, 0.25) is 5.02 Å². The van der Waals surface area contributed by atoms with Crippen molar-refractivity contribution < 1.29 is 9.59 Å². The van der Waals surface area contributed by atoms with Gasteiger partial charge in [-0.05, 0) is 42.5 Å². The van der Waals surface area contributed by atoms with Gasteiger partial charge in [-0.25, -0.2) is 4.68 Å². The largest absolute Gasteiger partial charge is 0.360 e. The predicted molar refractivity (Wildman–Crippen MR) is 99.8 cm³/mol. The highest BCUT2D eigenvalue weighted by atomic mass is 35.5. The van der Waals surface area contributed by atoms with Gasteiger partial charge in [-0.3, -0.25) is 9.59 Å². The highest BCUT2D eigenvalue weighted by molar-refractivity contribution is 6.48. The summed E-state index contributed by atoms with van der Waals surface area (Å²) in [6.45, 7) is 0. The number of hydrogen-bond donors (Lipinski definition) is 2. The van der Waals surface area contributed by atoms with Crippen LogP contribution in [0.5, 0.6) is 0 Å². The van der Waals surface area contributed by atoms with Crippen molar-refractivity contribution in [2.24, 2.45) is 0 Å². The number of aromatic nitrogens is 3. The number of nitrogens with zero attached hydrogens (tertiary/aromatic N) is 2. The molecular weight excluding hydrogens is 352 g/mol. The van der Waals surface area contributed by atoms with E-state index < -0.39 is 11.7 Å². The van der Waals surface area contributed by atoms with Gasteiger partial charge in [-0.1, -0.05) is 17.7 Å². The molecule has 2 aromatic heterocycles. The maximum atomic E-state index is 12.5. The van der Waals surface area contributed by atoms with Gasteiger partial charge in [0.1, 0.15) is 0 Å². The number of halogens is 1. The van der Waals surface area contributed by atoms with Gasteiger partial charge in [0.2, 0.25) is 0 Å². The van der Waals surface area contributed by atoms with Gasteiger partial charge in [0, 0.05) is 40.2 Å². The number of rotatable bonds is 4. The Bertz CT molecular complexity index is 1100. The van der Waals surface area contributed by atoms with Crippen molar-refractivity contribution in [3.05, 3.63) is 77.7 Å². The molecule has 1 amide bonds. The topological polar surface area (TPSA) is 79.8 Å². The first kappa shape index (κ1) is 16.1. The van der Waals surface area contributed by atoms with Crippen molar-refractivity contribution in [1.29, 1.82) is 0 Å². The molecule has 0 aliphatic rings. The molecule has 0 saturated heterocycles. The van der Waals surface area contributed by atoms with Crippen LogP contribution in [0.4, 0.5) is 5.69 Å². The predicted octanol–water partition coefficient (Wildman–Crippen LogP) is 3.83. The minimum Gasteiger partial charge on any atom is -0.360 e. The molecule has 0 unspecified atom stereocenters. The van der Waals surface area contributed by atoms with E-state index in [2.05, 4.69) is 15.4 Å². The van der Waals surface area contributed by atoms with E-state index in [1.54, 1.807) is 53.3 Å². The number of fused-ring (bicyclic) bond motifs is 1. The van der Waals surface area contributed by atoms with Crippen molar-refractivity contribution in [1.82, 2.24) is 14.8 Å². The molecule has 26 heavy (non-hydrogen) atoms. The van der Waals surface area contributed by atoms with Gasteiger partial charge in [-0.15, -0.1) is 0 Å². The van der Waals surface area contributed by atoms with Crippen LogP contribution >= 0.6 is 11.6 Å². The molecule has 0 aliphatic carbocycles. The second-order valence-electron chi connectivity index (χ2n) is 5.67. The van der Waals surface area contributed by atoms with E-state index >= 15 is 0 Å². The molecule has 0 saturated carbocycles. The van der Waals surface area contributed by atoms with Gasteiger partial charge in [0.05, 0.1) is 11.3 Å². The summed E-state index contributed by atoms with van der Waals surface area (Å²) in [7, 11) is 0. The normalized spacial score (nSPS) is 10.8. The molecule has 0 aliphatic heterocycles. The Labute approximate surface area is 153 Å².